The minimum Gasteiger partial charge on any atom is -0.484 e. The number of hydrogen-bond donors (Lipinski definition) is 2. The van der Waals surface area contributed by atoms with Gasteiger partial charge in [0, 0.05) is 20.1 Å². The van der Waals surface area contributed by atoms with Crippen LogP contribution in [-0.2, 0) is 6.54 Å². The van der Waals surface area contributed by atoms with Crippen molar-refractivity contribution in [3.8, 4) is 5.75 Å². The number of piperidine rings is 1. The highest BCUT2D eigenvalue weighted by molar-refractivity contribution is 5.79. The molecule has 0 spiro atoms. The van der Waals surface area contributed by atoms with E-state index in [2.05, 4.69) is 27.4 Å². The van der Waals surface area contributed by atoms with Gasteiger partial charge in [0.05, 0.1) is 0 Å². The van der Waals surface area contributed by atoms with Crippen molar-refractivity contribution >= 4 is 5.96 Å². The number of rotatable bonds is 8. The molecule has 0 aromatic heterocycles. The first-order chi connectivity index (χ1) is 13.4. The molecule has 2 N–H and O–H groups in total. The predicted molar refractivity (Wildman–Crippen MR) is 106 cm³/mol. The number of benzene rings is 1. The minimum absolute atomic E-state index is 0.206. The molecule has 0 aliphatic carbocycles. The average molecular weight is 400 g/mol. The lowest BCUT2D eigenvalue weighted by Crippen LogP contribution is -2.42. The molecule has 28 heavy (non-hydrogen) atoms. The number of nitrogens with zero attached hydrogens (tertiary/aromatic N) is 2. The summed E-state index contributed by atoms with van der Waals surface area (Å²) < 4.78 is 41.2. The van der Waals surface area contributed by atoms with Gasteiger partial charge in [-0.1, -0.05) is 19.1 Å². The number of halogens is 3. The highest BCUT2D eigenvalue weighted by Gasteiger charge is 2.28. The quantitative estimate of drug-likeness (QED) is 0.519. The van der Waals surface area contributed by atoms with E-state index >= 15 is 0 Å². The van der Waals surface area contributed by atoms with E-state index in [9.17, 15) is 13.2 Å². The van der Waals surface area contributed by atoms with Crippen molar-refractivity contribution in [3.63, 3.8) is 0 Å². The standard InChI is InChI=1S/C20H31F3N4O/c1-3-10-27-11-8-17(9-12-27)14-26-19(24-2)25-13-16-4-6-18(7-5-16)28-15-20(21,22)23/h4-7,17H,3,8-15H2,1-2H3,(H2,24,25,26). The third-order valence-electron chi connectivity index (χ3n) is 4.81. The van der Waals surface area contributed by atoms with E-state index in [1.54, 1.807) is 31.3 Å². The van der Waals surface area contributed by atoms with Gasteiger partial charge in [-0.25, -0.2) is 0 Å². The van der Waals surface area contributed by atoms with Gasteiger partial charge in [0.25, 0.3) is 0 Å². The first-order valence-electron chi connectivity index (χ1n) is 9.85. The molecule has 1 aliphatic heterocycles. The molecular weight excluding hydrogens is 369 g/mol. The molecule has 0 atom stereocenters. The molecule has 5 nitrogen and oxygen atoms in total. The fraction of sp³-hybridized carbons (Fsp3) is 0.650. The maximum absolute atomic E-state index is 12.2. The van der Waals surface area contributed by atoms with Crippen LogP contribution in [0.5, 0.6) is 5.75 Å². The molecule has 1 heterocycles. The number of ether oxygens (including phenoxy) is 1. The van der Waals surface area contributed by atoms with Crippen LogP contribution in [0.15, 0.2) is 29.3 Å². The van der Waals surface area contributed by atoms with E-state index in [1.165, 1.54) is 25.8 Å². The van der Waals surface area contributed by atoms with Crippen LogP contribution in [0.2, 0.25) is 0 Å². The van der Waals surface area contributed by atoms with Crippen molar-refractivity contribution in [1.29, 1.82) is 0 Å². The lowest BCUT2D eigenvalue weighted by atomic mass is 9.97. The first kappa shape index (κ1) is 22.3. The molecule has 1 aliphatic rings. The van der Waals surface area contributed by atoms with E-state index in [4.69, 9.17) is 4.74 Å². The Labute approximate surface area is 165 Å². The number of nitrogens with one attached hydrogen (secondary N) is 2. The Kier molecular flexibility index (Phi) is 8.89. The van der Waals surface area contributed by atoms with E-state index < -0.39 is 12.8 Å². The molecular formula is C20H31F3N4O. The van der Waals surface area contributed by atoms with Gasteiger partial charge in [-0.05, 0) is 62.5 Å². The highest BCUT2D eigenvalue weighted by Crippen LogP contribution is 2.19. The summed E-state index contributed by atoms with van der Waals surface area (Å²) in [7, 11) is 1.73. The van der Waals surface area contributed by atoms with Crippen molar-refractivity contribution in [2.45, 2.75) is 38.9 Å². The minimum atomic E-state index is -4.33. The van der Waals surface area contributed by atoms with Crippen LogP contribution in [0.3, 0.4) is 0 Å². The zero-order valence-electron chi connectivity index (χ0n) is 16.7. The summed E-state index contributed by atoms with van der Waals surface area (Å²) in [6, 6.07) is 6.58. The number of aliphatic imine (C=N–C) groups is 1. The van der Waals surface area contributed by atoms with E-state index in [-0.39, 0.29) is 5.75 Å². The number of alkyl halides is 3. The van der Waals surface area contributed by atoms with Gasteiger partial charge in [-0.3, -0.25) is 4.99 Å². The number of likely N-dealkylation sites (tertiary alicyclic amines) is 1. The van der Waals surface area contributed by atoms with Crippen molar-refractivity contribution in [1.82, 2.24) is 15.5 Å². The van der Waals surface area contributed by atoms with Gasteiger partial charge in [0.2, 0.25) is 0 Å². The normalized spacial score (nSPS) is 16.8. The van der Waals surface area contributed by atoms with Crippen molar-refractivity contribution < 1.29 is 17.9 Å². The van der Waals surface area contributed by atoms with E-state index in [0.717, 1.165) is 31.2 Å². The van der Waals surface area contributed by atoms with Crippen LogP contribution >= 0.6 is 0 Å². The summed E-state index contributed by atoms with van der Waals surface area (Å²) in [4.78, 5) is 6.76. The van der Waals surface area contributed by atoms with Gasteiger partial charge < -0.3 is 20.3 Å². The van der Waals surface area contributed by atoms with Gasteiger partial charge in [-0.15, -0.1) is 0 Å². The monoisotopic (exact) mass is 400 g/mol. The first-order valence-corrected chi connectivity index (χ1v) is 9.85. The van der Waals surface area contributed by atoms with Crippen LogP contribution in [0.4, 0.5) is 13.2 Å². The van der Waals surface area contributed by atoms with Crippen LogP contribution < -0.4 is 15.4 Å². The fourth-order valence-electron chi connectivity index (χ4n) is 3.25. The molecule has 1 fully saturated rings. The molecule has 8 heteroatoms. The summed E-state index contributed by atoms with van der Waals surface area (Å²) in [5.41, 5.74) is 0.940. The third kappa shape index (κ3) is 8.37. The molecule has 1 aromatic rings. The topological polar surface area (TPSA) is 48.9 Å². The molecule has 0 saturated carbocycles. The summed E-state index contributed by atoms with van der Waals surface area (Å²) >= 11 is 0. The second kappa shape index (κ2) is 11.1. The Balaban J connectivity index is 1.69. The van der Waals surface area contributed by atoms with Gasteiger partial charge in [0.15, 0.2) is 12.6 Å². The molecule has 158 valence electrons. The third-order valence-corrected chi connectivity index (χ3v) is 4.81. The molecule has 2 rings (SSSR count). The molecule has 1 saturated heterocycles. The van der Waals surface area contributed by atoms with Crippen molar-refractivity contribution in [2.24, 2.45) is 10.9 Å². The molecule has 1 aromatic carbocycles. The van der Waals surface area contributed by atoms with Gasteiger partial charge >= 0.3 is 6.18 Å². The predicted octanol–water partition coefficient (Wildman–Crippen LogP) is 3.41. The van der Waals surface area contributed by atoms with Crippen molar-refractivity contribution in [3.05, 3.63) is 29.8 Å². The second-order valence-electron chi connectivity index (χ2n) is 7.14. The lowest BCUT2D eigenvalue weighted by molar-refractivity contribution is -0.153. The zero-order chi connectivity index (χ0) is 20.4. The zero-order valence-corrected chi connectivity index (χ0v) is 16.7. The van der Waals surface area contributed by atoms with Crippen LogP contribution in [0.1, 0.15) is 31.7 Å². The fourth-order valence-corrected chi connectivity index (χ4v) is 3.25. The molecule has 0 unspecified atom stereocenters. The maximum atomic E-state index is 12.2. The van der Waals surface area contributed by atoms with Gasteiger partial charge in [0.1, 0.15) is 5.75 Å². The Morgan fingerprint density at radius 3 is 2.43 bits per heavy atom. The van der Waals surface area contributed by atoms with Gasteiger partial charge in [-0.2, -0.15) is 13.2 Å². The summed E-state index contributed by atoms with van der Waals surface area (Å²) in [6.07, 6.45) is -0.729. The molecule has 0 amide bonds. The molecule has 0 radical (unpaired) electrons. The summed E-state index contributed by atoms with van der Waals surface area (Å²) in [5, 5.41) is 6.61. The van der Waals surface area contributed by atoms with Crippen LogP contribution in [-0.4, -0.2) is 56.9 Å². The summed E-state index contributed by atoms with van der Waals surface area (Å²) in [5.74, 6) is 1.59. The average Bonchev–Trinajstić information content (AvgIpc) is 2.68. The Morgan fingerprint density at radius 1 is 1.18 bits per heavy atom. The van der Waals surface area contributed by atoms with Crippen LogP contribution in [0, 0.1) is 5.92 Å². The van der Waals surface area contributed by atoms with Crippen LogP contribution in [0.25, 0.3) is 0 Å². The van der Waals surface area contributed by atoms with E-state index in [0.29, 0.717) is 12.5 Å². The highest BCUT2D eigenvalue weighted by atomic mass is 19.4. The van der Waals surface area contributed by atoms with Crippen molar-refractivity contribution in [2.75, 3.05) is 39.8 Å². The smallest absolute Gasteiger partial charge is 0.422 e. The Bertz CT molecular complexity index is 596. The lowest BCUT2D eigenvalue weighted by Gasteiger charge is -2.32. The summed E-state index contributed by atoms with van der Waals surface area (Å²) in [6.45, 7) is 5.87. The number of hydrogen-bond acceptors (Lipinski definition) is 3. The van der Waals surface area contributed by atoms with E-state index in [1.807, 2.05) is 0 Å². The molecule has 0 bridgehead atoms. The number of guanidine groups is 1. The Morgan fingerprint density at radius 2 is 1.86 bits per heavy atom. The second-order valence-corrected chi connectivity index (χ2v) is 7.14. The maximum Gasteiger partial charge on any atom is 0.422 e. The SMILES string of the molecule is CCCN1CCC(CNC(=NC)NCc2ccc(OCC(F)(F)F)cc2)CC1. The largest absolute Gasteiger partial charge is 0.484 e. The Hall–Kier alpha value is -1.96.